The topological polar surface area (TPSA) is 100 Å². The molecule has 1 aliphatic carbocycles. The number of rotatable bonds is 5. The average molecular weight is 373 g/mol. The fourth-order valence-electron chi connectivity index (χ4n) is 2.94. The smallest absolute Gasteiger partial charge is 0.293 e. The van der Waals surface area contributed by atoms with E-state index in [0.717, 1.165) is 42.9 Å². The Labute approximate surface area is 154 Å². The molecule has 0 radical (unpaired) electrons. The summed E-state index contributed by atoms with van der Waals surface area (Å²) in [6, 6.07) is 4.83. The van der Waals surface area contributed by atoms with Crippen molar-refractivity contribution < 1.29 is 9.72 Å². The Morgan fingerprint density at radius 3 is 2.96 bits per heavy atom. The van der Waals surface area contributed by atoms with E-state index in [0.29, 0.717) is 16.9 Å². The predicted octanol–water partition coefficient (Wildman–Crippen LogP) is 2.87. The molecular weight excluding hydrogens is 354 g/mol. The first-order valence-corrected chi connectivity index (χ1v) is 9.34. The van der Waals surface area contributed by atoms with Crippen molar-refractivity contribution in [3.8, 4) is 0 Å². The fraction of sp³-hybridized carbons (Fsp3) is 0.412. The largest absolute Gasteiger partial charge is 0.377 e. The van der Waals surface area contributed by atoms with Crippen LogP contribution < -0.4 is 10.6 Å². The Kier molecular flexibility index (Phi) is 4.33. The van der Waals surface area contributed by atoms with Crippen LogP contribution in [-0.4, -0.2) is 40.3 Å². The van der Waals surface area contributed by atoms with Gasteiger partial charge in [0, 0.05) is 42.1 Å². The molecule has 26 heavy (non-hydrogen) atoms. The first-order chi connectivity index (χ1) is 12.5. The number of nitro groups is 1. The molecule has 1 aromatic carbocycles. The van der Waals surface area contributed by atoms with Gasteiger partial charge in [-0.1, -0.05) is 0 Å². The van der Waals surface area contributed by atoms with Crippen molar-refractivity contribution in [1.82, 2.24) is 9.88 Å². The summed E-state index contributed by atoms with van der Waals surface area (Å²) in [6.45, 7) is 1.78. The van der Waals surface area contributed by atoms with Gasteiger partial charge in [-0.15, -0.1) is 11.3 Å². The predicted molar refractivity (Wildman–Crippen MR) is 99.8 cm³/mol. The van der Waals surface area contributed by atoms with Gasteiger partial charge < -0.3 is 10.2 Å². The molecule has 8 nitrogen and oxygen atoms in total. The van der Waals surface area contributed by atoms with Crippen LogP contribution in [0.25, 0.3) is 0 Å². The minimum atomic E-state index is -0.459. The summed E-state index contributed by atoms with van der Waals surface area (Å²) < 4.78 is 0. The SMILES string of the molecule is CN1CCc2nc(NC(=O)c3ccc(NC4CC4)c([N+](=O)[O-])c3)sc2C1. The first-order valence-electron chi connectivity index (χ1n) is 8.53. The van der Waals surface area contributed by atoms with Crippen LogP contribution in [0.1, 0.15) is 33.8 Å². The summed E-state index contributed by atoms with van der Waals surface area (Å²) >= 11 is 1.46. The van der Waals surface area contributed by atoms with E-state index in [4.69, 9.17) is 0 Å². The van der Waals surface area contributed by atoms with Gasteiger partial charge in [0.2, 0.25) is 0 Å². The highest BCUT2D eigenvalue weighted by Gasteiger charge is 2.26. The van der Waals surface area contributed by atoms with Crippen LogP contribution in [0.4, 0.5) is 16.5 Å². The molecule has 0 saturated heterocycles. The highest BCUT2D eigenvalue weighted by molar-refractivity contribution is 7.15. The fourth-order valence-corrected chi connectivity index (χ4v) is 4.02. The molecule has 1 amide bonds. The number of anilines is 2. The second kappa shape index (κ2) is 6.65. The van der Waals surface area contributed by atoms with Gasteiger partial charge in [-0.2, -0.15) is 0 Å². The Balaban J connectivity index is 1.52. The van der Waals surface area contributed by atoms with E-state index in [1.54, 1.807) is 12.1 Å². The summed E-state index contributed by atoms with van der Waals surface area (Å²) in [7, 11) is 2.05. The zero-order valence-corrected chi connectivity index (χ0v) is 15.1. The Hall–Kier alpha value is -2.52. The van der Waals surface area contributed by atoms with E-state index >= 15 is 0 Å². The second-order valence-electron chi connectivity index (χ2n) is 6.74. The molecule has 9 heteroatoms. The van der Waals surface area contributed by atoms with Crippen LogP contribution >= 0.6 is 11.3 Å². The number of hydrogen-bond acceptors (Lipinski definition) is 7. The number of nitro benzene ring substituents is 1. The third-order valence-corrected chi connectivity index (χ3v) is 5.53. The number of nitrogens with zero attached hydrogens (tertiary/aromatic N) is 3. The number of hydrogen-bond donors (Lipinski definition) is 2. The van der Waals surface area contributed by atoms with Gasteiger partial charge >= 0.3 is 0 Å². The molecule has 1 fully saturated rings. The quantitative estimate of drug-likeness (QED) is 0.617. The molecule has 0 spiro atoms. The van der Waals surface area contributed by atoms with Crippen molar-refractivity contribution in [2.45, 2.75) is 31.8 Å². The summed E-state index contributed by atoms with van der Waals surface area (Å²) in [6.07, 6.45) is 2.90. The van der Waals surface area contributed by atoms with Crippen molar-refractivity contribution in [3.05, 3.63) is 44.4 Å². The molecule has 0 atom stereocenters. The standard InChI is InChI=1S/C17H19N5O3S/c1-21-7-6-13-15(9-21)26-17(19-13)20-16(23)10-2-5-12(18-11-3-4-11)14(8-10)22(24)25/h2,5,8,11,18H,3-4,6-7,9H2,1H3,(H,19,20,23). The number of carbonyl (C=O) groups excluding carboxylic acids is 1. The lowest BCUT2D eigenvalue weighted by Crippen LogP contribution is -2.25. The molecule has 1 aromatic heterocycles. The van der Waals surface area contributed by atoms with E-state index in [-0.39, 0.29) is 17.2 Å². The molecule has 2 N–H and O–H groups in total. The van der Waals surface area contributed by atoms with Crippen LogP contribution in [0.3, 0.4) is 0 Å². The average Bonchev–Trinajstić information content (AvgIpc) is 3.33. The lowest BCUT2D eigenvalue weighted by molar-refractivity contribution is -0.384. The van der Waals surface area contributed by atoms with Gasteiger partial charge in [0.1, 0.15) is 5.69 Å². The molecule has 2 aromatic rings. The lowest BCUT2D eigenvalue weighted by atomic mass is 10.1. The van der Waals surface area contributed by atoms with Gasteiger partial charge in [0.25, 0.3) is 11.6 Å². The maximum atomic E-state index is 12.5. The van der Waals surface area contributed by atoms with Gasteiger partial charge in [0.15, 0.2) is 5.13 Å². The lowest BCUT2D eigenvalue weighted by Gasteiger charge is -2.20. The normalized spacial score (nSPS) is 16.8. The van der Waals surface area contributed by atoms with Crippen LogP contribution in [0, 0.1) is 10.1 Å². The monoisotopic (exact) mass is 373 g/mol. The number of thiazole rings is 1. The third-order valence-electron chi connectivity index (χ3n) is 4.54. The number of nitrogens with one attached hydrogen (secondary N) is 2. The van der Waals surface area contributed by atoms with Gasteiger partial charge in [0.05, 0.1) is 10.6 Å². The maximum Gasteiger partial charge on any atom is 0.293 e. The Bertz CT molecular complexity index is 877. The summed E-state index contributed by atoms with van der Waals surface area (Å²) in [5.74, 6) is -0.384. The highest BCUT2D eigenvalue weighted by atomic mass is 32.1. The van der Waals surface area contributed by atoms with Crippen molar-refractivity contribution in [3.63, 3.8) is 0 Å². The molecule has 1 saturated carbocycles. The molecule has 136 valence electrons. The highest BCUT2D eigenvalue weighted by Crippen LogP contribution is 2.32. The number of carbonyl (C=O) groups is 1. The second-order valence-corrected chi connectivity index (χ2v) is 7.82. The van der Waals surface area contributed by atoms with Crippen molar-refractivity contribution in [2.24, 2.45) is 0 Å². The van der Waals surface area contributed by atoms with Crippen molar-refractivity contribution in [2.75, 3.05) is 24.2 Å². The molecule has 0 unspecified atom stereocenters. The van der Waals surface area contributed by atoms with Crippen molar-refractivity contribution in [1.29, 1.82) is 0 Å². The molecule has 4 rings (SSSR count). The zero-order chi connectivity index (χ0) is 18.3. The van der Waals surface area contributed by atoms with Crippen LogP contribution in [-0.2, 0) is 13.0 Å². The molecule has 2 heterocycles. The molecular formula is C17H19N5O3S. The van der Waals surface area contributed by atoms with Crippen LogP contribution in [0.5, 0.6) is 0 Å². The number of likely N-dealkylation sites (N-methyl/N-ethyl adjacent to an activating group) is 1. The summed E-state index contributed by atoms with van der Waals surface area (Å²) in [5.41, 5.74) is 1.66. The Morgan fingerprint density at radius 2 is 2.23 bits per heavy atom. The number of aromatic nitrogens is 1. The van der Waals surface area contributed by atoms with E-state index in [1.807, 2.05) is 0 Å². The minimum Gasteiger partial charge on any atom is -0.377 e. The third kappa shape index (κ3) is 3.54. The van der Waals surface area contributed by atoms with E-state index in [1.165, 1.54) is 17.4 Å². The maximum absolute atomic E-state index is 12.5. The zero-order valence-electron chi connectivity index (χ0n) is 14.3. The number of amides is 1. The summed E-state index contributed by atoms with van der Waals surface area (Å²) in [4.78, 5) is 31.2. The van der Waals surface area contributed by atoms with E-state index < -0.39 is 4.92 Å². The van der Waals surface area contributed by atoms with Gasteiger partial charge in [-0.05, 0) is 32.0 Å². The van der Waals surface area contributed by atoms with Gasteiger partial charge in [-0.25, -0.2) is 4.98 Å². The summed E-state index contributed by atoms with van der Waals surface area (Å²) in [5, 5.41) is 17.8. The first kappa shape index (κ1) is 16.9. The van der Waals surface area contributed by atoms with Crippen molar-refractivity contribution >= 4 is 33.8 Å². The van der Waals surface area contributed by atoms with Crippen LogP contribution in [0.2, 0.25) is 0 Å². The van der Waals surface area contributed by atoms with E-state index in [9.17, 15) is 14.9 Å². The van der Waals surface area contributed by atoms with Gasteiger partial charge in [-0.3, -0.25) is 20.2 Å². The van der Waals surface area contributed by atoms with Crippen LogP contribution in [0.15, 0.2) is 18.2 Å². The minimum absolute atomic E-state index is 0.0791. The Morgan fingerprint density at radius 1 is 1.42 bits per heavy atom. The number of fused-ring (bicyclic) bond motifs is 1. The number of benzene rings is 1. The molecule has 2 aliphatic rings. The molecule has 1 aliphatic heterocycles. The molecule has 0 bridgehead atoms. The van der Waals surface area contributed by atoms with E-state index in [2.05, 4.69) is 27.6 Å².